The van der Waals surface area contributed by atoms with Crippen molar-refractivity contribution in [3.8, 4) is 0 Å². The smallest absolute Gasteiger partial charge is 0.0828 e. The topological polar surface area (TPSA) is 35.2 Å². The number of methoxy groups -OCH3 is 1. The largest absolute Gasteiger partial charge is 0.377 e. The molecule has 0 saturated heterocycles. The second-order valence-corrected chi connectivity index (χ2v) is 5.54. The van der Waals surface area contributed by atoms with Crippen LogP contribution in [0, 0.1) is 5.92 Å². The average Bonchev–Trinajstić information content (AvgIpc) is 2.54. The van der Waals surface area contributed by atoms with E-state index in [0.29, 0.717) is 5.92 Å². The lowest BCUT2D eigenvalue weighted by Crippen LogP contribution is -2.50. The molecule has 2 N–H and O–H groups in total. The first kappa shape index (κ1) is 14.0. The summed E-state index contributed by atoms with van der Waals surface area (Å²) in [6.45, 7) is 4.53. The fourth-order valence-corrected chi connectivity index (χ4v) is 2.87. The number of hydrogen-bond donors (Lipinski definition) is 1. The highest BCUT2D eigenvalue weighted by Crippen LogP contribution is 2.34. The Balaban J connectivity index is 2.61. The summed E-state index contributed by atoms with van der Waals surface area (Å²) in [5, 5.41) is 0. The van der Waals surface area contributed by atoms with Crippen molar-refractivity contribution in [1.29, 1.82) is 0 Å². The third-order valence-corrected chi connectivity index (χ3v) is 4.39. The molecular formula is C14H29NO. The van der Waals surface area contributed by atoms with Crippen LogP contribution < -0.4 is 5.73 Å². The normalized spacial score (nSPS) is 24.8. The van der Waals surface area contributed by atoms with E-state index in [-0.39, 0.29) is 11.6 Å². The molecule has 1 saturated carbocycles. The zero-order valence-corrected chi connectivity index (χ0v) is 11.3. The standard InChI is InChI=1S/C14H29NO/c1-4-12(2)11-13(15)14(16-3)9-7-5-6-8-10-14/h12-13H,4-11,15H2,1-3H3. The van der Waals surface area contributed by atoms with Gasteiger partial charge in [-0.3, -0.25) is 0 Å². The molecule has 0 aliphatic heterocycles. The predicted molar refractivity (Wildman–Crippen MR) is 69.5 cm³/mol. The molecule has 0 heterocycles. The number of ether oxygens (including phenoxy) is 1. The number of rotatable bonds is 5. The minimum atomic E-state index is -0.0278. The molecule has 2 unspecified atom stereocenters. The molecule has 0 aromatic carbocycles. The Hall–Kier alpha value is -0.0800. The van der Waals surface area contributed by atoms with Gasteiger partial charge in [0.15, 0.2) is 0 Å². The van der Waals surface area contributed by atoms with Gasteiger partial charge in [0, 0.05) is 13.2 Å². The maximum absolute atomic E-state index is 6.41. The first-order valence-corrected chi connectivity index (χ1v) is 6.95. The highest BCUT2D eigenvalue weighted by atomic mass is 16.5. The molecule has 2 atom stereocenters. The molecule has 1 aliphatic carbocycles. The molecule has 16 heavy (non-hydrogen) atoms. The Bertz CT molecular complexity index is 185. The molecule has 1 rings (SSSR count). The summed E-state index contributed by atoms with van der Waals surface area (Å²) >= 11 is 0. The fraction of sp³-hybridized carbons (Fsp3) is 1.00. The van der Waals surface area contributed by atoms with Crippen molar-refractivity contribution < 1.29 is 4.74 Å². The molecule has 0 radical (unpaired) electrons. The van der Waals surface area contributed by atoms with Gasteiger partial charge in [0.05, 0.1) is 5.60 Å². The summed E-state index contributed by atoms with van der Waals surface area (Å²) in [6, 6.07) is 0.213. The minimum Gasteiger partial charge on any atom is -0.377 e. The molecular weight excluding hydrogens is 198 g/mol. The van der Waals surface area contributed by atoms with Crippen molar-refractivity contribution in [1.82, 2.24) is 0 Å². The van der Waals surface area contributed by atoms with Gasteiger partial charge in [-0.1, -0.05) is 46.0 Å². The van der Waals surface area contributed by atoms with E-state index in [1.165, 1.54) is 32.1 Å². The SMILES string of the molecule is CCC(C)CC(N)C1(OC)CCCCCC1. The predicted octanol–water partition coefficient (Wildman–Crippen LogP) is 3.49. The molecule has 1 aliphatic rings. The van der Waals surface area contributed by atoms with E-state index in [1.807, 2.05) is 7.11 Å². The van der Waals surface area contributed by atoms with Crippen LogP contribution >= 0.6 is 0 Å². The van der Waals surface area contributed by atoms with Crippen LogP contribution in [0.25, 0.3) is 0 Å². The first-order valence-electron chi connectivity index (χ1n) is 6.95. The van der Waals surface area contributed by atoms with E-state index in [4.69, 9.17) is 10.5 Å². The van der Waals surface area contributed by atoms with E-state index in [0.717, 1.165) is 19.3 Å². The summed E-state index contributed by atoms with van der Waals surface area (Å²) < 4.78 is 5.84. The lowest BCUT2D eigenvalue weighted by molar-refractivity contribution is -0.0479. The molecule has 0 spiro atoms. The quantitative estimate of drug-likeness (QED) is 0.730. The van der Waals surface area contributed by atoms with Crippen LogP contribution in [0.1, 0.15) is 65.2 Å². The van der Waals surface area contributed by atoms with Gasteiger partial charge in [-0.25, -0.2) is 0 Å². The van der Waals surface area contributed by atoms with Crippen LogP contribution in [0.3, 0.4) is 0 Å². The van der Waals surface area contributed by atoms with Crippen LogP contribution in [0.5, 0.6) is 0 Å². The van der Waals surface area contributed by atoms with E-state index in [1.54, 1.807) is 0 Å². The molecule has 0 amide bonds. The van der Waals surface area contributed by atoms with Crippen LogP contribution in [0.15, 0.2) is 0 Å². The van der Waals surface area contributed by atoms with Crippen molar-refractivity contribution in [2.24, 2.45) is 11.7 Å². The Morgan fingerprint density at radius 3 is 2.19 bits per heavy atom. The van der Waals surface area contributed by atoms with Crippen LogP contribution in [-0.4, -0.2) is 18.8 Å². The van der Waals surface area contributed by atoms with Gasteiger partial charge in [0.2, 0.25) is 0 Å². The van der Waals surface area contributed by atoms with Gasteiger partial charge < -0.3 is 10.5 Å². The maximum atomic E-state index is 6.41. The maximum Gasteiger partial charge on any atom is 0.0828 e. The van der Waals surface area contributed by atoms with Gasteiger partial charge in [-0.2, -0.15) is 0 Å². The second-order valence-electron chi connectivity index (χ2n) is 5.54. The van der Waals surface area contributed by atoms with Gasteiger partial charge in [-0.15, -0.1) is 0 Å². The van der Waals surface area contributed by atoms with Gasteiger partial charge >= 0.3 is 0 Å². The highest BCUT2D eigenvalue weighted by Gasteiger charge is 2.37. The molecule has 2 heteroatoms. The lowest BCUT2D eigenvalue weighted by atomic mass is 9.81. The van der Waals surface area contributed by atoms with Crippen LogP contribution in [0.4, 0.5) is 0 Å². The van der Waals surface area contributed by atoms with Gasteiger partial charge in [0.1, 0.15) is 0 Å². The molecule has 96 valence electrons. The third kappa shape index (κ3) is 3.46. The summed E-state index contributed by atoms with van der Waals surface area (Å²) in [4.78, 5) is 0. The molecule has 0 aromatic rings. The Kier molecular flexibility index (Phi) is 5.77. The number of hydrogen-bond acceptors (Lipinski definition) is 2. The van der Waals surface area contributed by atoms with Crippen molar-refractivity contribution >= 4 is 0 Å². The van der Waals surface area contributed by atoms with Crippen LogP contribution in [0.2, 0.25) is 0 Å². The summed E-state index contributed by atoms with van der Waals surface area (Å²) in [6.07, 6.45) is 9.88. The Morgan fingerprint density at radius 1 is 1.19 bits per heavy atom. The van der Waals surface area contributed by atoms with Crippen molar-refractivity contribution in [2.45, 2.75) is 76.9 Å². The highest BCUT2D eigenvalue weighted by molar-refractivity contribution is 4.93. The second kappa shape index (κ2) is 6.61. The Labute approximate surface area is 101 Å². The number of nitrogens with two attached hydrogens (primary N) is 1. The van der Waals surface area contributed by atoms with Crippen molar-refractivity contribution in [3.05, 3.63) is 0 Å². The van der Waals surface area contributed by atoms with Gasteiger partial charge in [-0.05, 0) is 25.2 Å². The molecule has 2 nitrogen and oxygen atoms in total. The lowest BCUT2D eigenvalue weighted by Gasteiger charge is -2.38. The fourth-order valence-electron chi connectivity index (χ4n) is 2.87. The summed E-state index contributed by atoms with van der Waals surface area (Å²) in [7, 11) is 1.85. The van der Waals surface area contributed by atoms with E-state index < -0.39 is 0 Å². The summed E-state index contributed by atoms with van der Waals surface area (Å²) in [5.74, 6) is 0.713. The van der Waals surface area contributed by atoms with Crippen molar-refractivity contribution in [2.75, 3.05) is 7.11 Å². The van der Waals surface area contributed by atoms with E-state index in [2.05, 4.69) is 13.8 Å². The van der Waals surface area contributed by atoms with Crippen LogP contribution in [-0.2, 0) is 4.74 Å². The zero-order chi connectivity index (χ0) is 12.0. The average molecular weight is 227 g/mol. The molecule has 0 aromatic heterocycles. The monoisotopic (exact) mass is 227 g/mol. The first-order chi connectivity index (χ1) is 7.64. The molecule has 0 bridgehead atoms. The Morgan fingerprint density at radius 2 is 1.75 bits per heavy atom. The third-order valence-electron chi connectivity index (χ3n) is 4.39. The molecule has 1 fully saturated rings. The van der Waals surface area contributed by atoms with Crippen molar-refractivity contribution in [3.63, 3.8) is 0 Å². The minimum absolute atomic E-state index is 0.0278. The zero-order valence-electron chi connectivity index (χ0n) is 11.3. The van der Waals surface area contributed by atoms with E-state index in [9.17, 15) is 0 Å². The summed E-state index contributed by atoms with van der Waals surface area (Å²) in [5.41, 5.74) is 6.39. The van der Waals surface area contributed by atoms with Gasteiger partial charge in [0.25, 0.3) is 0 Å². The van der Waals surface area contributed by atoms with E-state index >= 15 is 0 Å².